The molecule has 0 saturated carbocycles. The van der Waals surface area contributed by atoms with Crippen LogP contribution in [0.5, 0.6) is 0 Å². The van der Waals surface area contributed by atoms with E-state index in [1.54, 1.807) is 0 Å². The molecule has 4 nitrogen and oxygen atoms in total. The third-order valence-corrected chi connectivity index (χ3v) is 1.84. The van der Waals surface area contributed by atoms with Crippen LogP contribution < -0.4 is 11.1 Å². The summed E-state index contributed by atoms with van der Waals surface area (Å²) in [6.07, 6.45) is 0.545. The zero-order valence-electron chi connectivity index (χ0n) is 8.85. The van der Waals surface area contributed by atoms with Crippen LogP contribution >= 0.6 is 0 Å². The van der Waals surface area contributed by atoms with Crippen LogP contribution in [0.2, 0.25) is 0 Å². The SMILES string of the molecule is CC(C)(N)CCC(C)(C)NC(=O)O. The van der Waals surface area contributed by atoms with E-state index < -0.39 is 11.6 Å². The van der Waals surface area contributed by atoms with Crippen LogP contribution in [-0.4, -0.2) is 22.3 Å². The third-order valence-electron chi connectivity index (χ3n) is 1.84. The van der Waals surface area contributed by atoms with Gasteiger partial charge in [-0.2, -0.15) is 0 Å². The van der Waals surface area contributed by atoms with Crippen molar-refractivity contribution < 1.29 is 9.90 Å². The number of carboxylic acid groups (broad SMARTS) is 1. The van der Waals surface area contributed by atoms with Crippen LogP contribution in [0.25, 0.3) is 0 Å². The predicted octanol–water partition coefficient (Wildman–Crippen LogP) is 1.55. The zero-order valence-corrected chi connectivity index (χ0v) is 8.85. The van der Waals surface area contributed by atoms with Gasteiger partial charge in [0.2, 0.25) is 0 Å². The fourth-order valence-corrected chi connectivity index (χ4v) is 0.987. The van der Waals surface area contributed by atoms with Gasteiger partial charge in [0.15, 0.2) is 0 Å². The molecule has 0 bridgehead atoms. The molecule has 0 aromatic heterocycles. The van der Waals surface area contributed by atoms with Gasteiger partial charge in [-0.3, -0.25) is 0 Å². The van der Waals surface area contributed by atoms with Crippen LogP contribution in [0.15, 0.2) is 0 Å². The summed E-state index contributed by atoms with van der Waals surface area (Å²) in [4.78, 5) is 10.4. The van der Waals surface area contributed by atoms with Crippen molar-refractivity contribution in [2.45, 2.75) is 51.6 Å². The van der Waals surface area contributed by atoms with Gasteiger partial charge in [0.25, 0.3) is 0 Å². The van der Waals surface area contributed by atoms with Crippen LogP contribution in [0.1, 0.15) is 40.5 Å². The number of carbonyl (C=O) groups is 1. The summed E-state index contributed by atoms with van der Waals surface area (Å²) >= 11 is 0. The Morgan fingerprint density at radius 1 is 1.31 bits per heavy atom. The second-order valence-corrected chi connectivity index (χ2v) is 4.80. The number of hydrogen-bond acceptors (Lipinski definition) is 2. The molecular weight excluding hydrogens is 168 g/mol. The molecule has 4 heteroatoms. The van der Waals surface area contributed by atoms with E-state index in [2.05, 4.69) is 5.32 Å². The third kappa shape index (κ3) is 7.59. The molecule has 0 aliphatic carbocycles. The van der Waals surface area contributed by atoms with Gasteiger partial charge in [-0.25, -0.2) is 4.79 Å². The molecular formula is C9H20N2O2. The van der Waals surface area contributed by atoms with Gasteiger partial charge in [0.1, 0.15) is 0 Å². The fourth-order valence-electron chi connectivity index (χ4n) is 0.987. The minimum atomic E-state index is -0.986. The fraction of sp³-hybridized carbons (Fsp3) is 0.889. The standard InChI is InChI=1S/C9H20N2O2/c1-8(2,10)5-6-9(3,4)11-7(12)13/h11H,5-6,10H2,1-4H3,(H,12,13). The average Bonchev–Trinajstić information content (AvgIpc) is 1.79. The lowest BCUT2D eigenvalue weighted by Crippen LogP contribution is -2.45. The highest BCUT2D eigenvalue weighted by atomic mass is 16.4. The second kappa shape index (κ2) is 3.96. The van der Waals surface area contributed by atoms with Crippen LogP contribution in [-0.2, 0) is 0 Å². The van der Waals surface area contributed by atoms with E-state index in [0.717, 1.165) is 12.8 Å². The highest BCUT2D eigenvalue weighted by molar-refractivity contribution is 5.65. The zero-order chi connectivity index (χ0) is 10.7. The van der Waals surface area contributed by atoms with Crippen molar-refractivity contribution in [2.24, 2.45) is 5.73 Å². The maximum atomic E-state index is 10.4. The molecule has 0 fully saturated rings. The maximum Gasteiger partial charge on any atom is 0.405 e. The Labute approximate surface area is 79.5 Å². The molecule has 0 saturated heterocycles. The normalized spacial score (nSPS) is 12.7. The van der Waals surface area contributed by atoms with Gasteiger partial charge in [0.05, 0.1) is 0 Å². The van der Waals surface area contributed by atoms with Crippen molar-refractivity contribution in [1.29, 1.82) is 0 Å². The Kier molecular flexibility index (Phi) is 3.72. The molecule has 0 rings (SSSR count). The van der Waals surface area contributed by atoms with E-state index in [-0.39, 0.29) is 5.54 Å². The Balaban J connectivity index is 3.96. The molecule has 0 heterocycles. The summed E-state index contributed by atoms with van der Waals surface area (Å²) in [5.41, 5.74) is 5.16. The van der Waals surface area contributed by atoms with E-state index in [9.17, 15) is 4.79 Å². The smallest absolute Gasteiger partial charge is 0.405 e. The summed E-state index contributed by atoms with van der Waals surface area (Å²) in [7, 11) is 0. The first kappa shape index (κ1) is 12.2. The minimum absolute atomic E-state index is 0.239. The Bertz CT molecular complexity index is 183. The number of rotatable bonds is 4. The number of amides is 1. The van der Waals surface area contributed by atoms with Crippen molar-refractivity contribution in [2.75, 3.05) is 0 Å². The molecule has 0 aliphatic rings. The monoisotopic (exact) mass is 188 g/mol. The van der Waals surface area contributed by atoms with Gasteiger partial charge in [0, 0.05) is 11.1 Å². The Morgan fingerprint density at radius 2 is 1.77 bits per heavy atom. The predicted molar refractivity (Wildman–Crippen MR) is 52.7 cm³/mol. The molecule has 78 valence electrons. The Morgan fingerprint density at radius 3 is 2.08 bits per heavy atom. The van der Waals surface area contributed by atoms with E-state index in [1.807, 2.05) is 27.7 Å². The first-order chi connectivity index (χ1) is 5.62. The maximum absolute atomic E-state index is 10.4. The first-order valence-corrected chi connectivity index (χ1v) is 4.42. The van der Waals surface area contributed by atoms with Crippen molar-refractivity contribution in [3.05, 3.63) is 0 Å². The average molecular weight is 188 g/mol. The molecule has 0 radical (unpaired) electrons. The van der Waals surface area contributed by atoms with Crippen molar-refractivity contribution in [1.82, 2.24) is 5.32 Å². The van der Waals surface area contributed by atoms with Crippen molar-refractivity contribution >= 4 is 6.09 Å². The van der Waals surface area contributed by atoms with Gasteiger partial charge >= 0.3 is 6.09 Å². The number of hydrogen-bond donors (Lipinski definition) is 3. The largest absolute Gasteiger partial charge is 0.465 e. The van der Waals surface area contributed by atoms with Crippen LogP contribution in [0, 0.1) is 0 Å². The molecule has 0 aromatic carbocycles. The molecule has 0 unspecified atom stereocenters. The van der Waals surface area contributed by atoms with Gasteiger partial charge in [-0.1, -0.05) is 0 Å². The van der Waals surface area contributed by atoms with Gasteiger partial charge in [-0.05, 0) is 40.5 Å². The van der Waals surface area contributed by atoms with E-state index in [1.165, 1.54) is 0 Å². The lowest BCUT2D eigenvalue weighted by atomic mass is 9.90. The van der Waals surface area contributed by atoms with Crippen LogP contribution in [0.3, 0.4) is 0 Å². The summed E-state index contributed by atoms with van der Waals surface area (Å²) in [6.45, 7) is 7.58. The van der Waals surface area contributed by atoms with Crippen molar-refractivity contribution in [3.63, 3.8) is 0 Å². The quantitative estimate of drug-likeness (QED) is 0.626. The molecule has 0 spiro atoms. The Hall–Kier alpha value is -0.770. The topological polar surface area (TPSA) is 75.3 Å². The highest BCUT2D eigenvalue weighted by Crippen LogP contribution is 2.16. The lowest BCUT2D eigenvalue weighted by molar-refractivity contribution is 0.178. The number of nitrogens with two attached hydrogens (primary N) is 1. The summed E-state index contributed by atoms with van der Waals surface area (Å²) in [5, 5.41) is 11.0. The van der Waals surface area contributed by atoms with E-state index in [0.29, 0.717) is 0 Å². The number of nitrogens with one attached hydrogen (secondary N) is 1. The van der Waals surface area contributed by atoms with E-state index in [4.69, 9.17) is 10.8 Å². The molecule has 0 aromatic rings. The summed E-state index contributed by atoms with van der Waals surface area (Å²) in [6, 6.07) is 0. The molecule has 13 heavy (non-hydrogen) atoms. The molecule has 1 amide bonds. The van der Waals surface area contributed by atoms with Crippen molar-refractivity contribution in [3.8, 4) is 0 Å². The van der Waals surface area contributed by atoms with Gasteiger partial charge < -0.3 is 16.2 Å². The summed E-state index contributed by atoms with van der Waals surface area (Å²) in [5.74, 6) is 0. The minimum Gasteiger partial charge on any atom is -0.465 e. The lowest BCUT2D eigenvalue weighted by Gasteiger charge is -2.28. The van der Waals surface area contributed by atoms with Gasteiger partial charge in [-0.15, -0.1) is 0 Å². The second-order valence-electron chi connectivity index (χ2n) is 4.80. The molecule has 0 aliphatic heterocycles. The van der Waals surface area contributed by atoms with Crippen LogP contribution in [0.4, 0.5) is 4.79 Å². The highest BCUT2D eigenvalue weighted by Gasteiger charge is 2.22. The molecule has 0 atom stereocenters. The van der Waals surface area contributed by atoms with E-state index >= 15 is 0 Å². The summed E-state index contributed by atoms with van der Waals surface area (Å²) < 4.78 is 0. The first-order valence-electron chi connectivity index (χ1n) is 4.42. The molecule has 4 N–H and O–H groups in total.